The lowest BCUT2D eigenvalue weighted by molar-refractivity contribution is -0.142. The highest BCUT2D eigenvalue weighted by Gasteiger charge is 2.23. The maximum absolute atomic E-state index is 12.6. The minimum atomic E-state index is -0.404. The van der Waals surface area contributed by atoms with Crippen molar-refractivity contribution in [3.05, 3.63) is 77.4 Å². The van der Waals surface area contributed by atoms with E-state index in [1.807, 2.05) is 54.6 Å². The van der Waals surface area contributed by atoms with E-state index in [-0.39, 0.29) is 11.8 Å². The molecule has 1 atom stereocenters. The van der Waals surface area contributed by atoms with Crippen molar-refractivity contribution in [1.29, 1.82) is 5.41 Å². The van der Waals surface area contributed by atoms with Crippen LogP contribution in [0.15, 0.2) is 60.7 Å². The summed E-state index contributed by atoms with van der Waals surface area (Å²) in [5.74, 6) is 0.224. The summed E-state index contributed by atoms with van der Waals surface area (Å²) in [4.78, 5) is 12.6. The van der Waals surface area contributed by atoms with Gasteiger partial charge in [-0.1, -0.05) is 42.5 Å². The molecule has 1 aliphatic rings. The summed E-state index contributed by atoms with van der Waals surface area (Å²) in [5.41, 5.74) is 8.25. The molecule has 1 saturated carbocycles. The first-order valence-electron chi connectivity index (χ1n) is 10.7. The topological polar surface area (TPSA) is 85.4 Å². The largest absolute Gasteiger partial charge is 0.490 e. The van der Waals surface area contributed by atoms with Gasteiger partial charge in [0.05, 0.1) is 19.1 Å². The molecule has 0 spiro atoms. The van der Waals surface area contributed by atoms with Crippen molar-refractivity contribution in [2.24, 2.45) is 5.73 Å². The summed E-state index contributed by atoms with van der Waals surface area (Å²) in [6.07, 6.45) is 5.51. The van der Waals surface area contributed by atoms with Gasteiger partial charge in [-0.3, -0.25) is 10.2 Å². The van der Waals surface area contributed by atoms with Gasteiger partial charge in [0.25, 0.3) is 0 Å². The lowest BCUT2D eigenvalue weighted by atomic mass is 9.91. The molecule has 5 heteroatoms. The third kappa shape index (κ3) is 4.88. The number of ether oxygens (including phenoxy) is 2. The van der Waals surface area contributed by atoms with Crippen molar-refractivity contribution in [2.75, 3.05) is 7.11 Å². The zero-order valence-electron chi connectivity index (χ0n) is 17.8. The minimum Gasteiger partial charge on any atom is -0.490 e. The smallest absolute Gasteiger partial charge is 0.313 e. The molecule has 31 heavy (non-hydrogen) atoms. The van der Waals surface area contributed by atoms with Crippen molar-refractivity contribution in [3.63, 3.8) is 0 Å². The molecule has 0 heterocycles. The van der Waals surface area contributed by atoms with E-state index >= 15 is 0 Å². The molecular weight excluding hydrogens is 388 g/mol. The second kappa shape index (κ2) is 9.21. The number of rotatable bonds is 7. The fourth-order valence-corrected chi connectivity index (χ4v) is 4.28. The van der Waals surface area contributed by atoms with E-state index in [1.54, 1.807) is 0 Å². The first-order chi connectivity index (χ1) is 15.0. The number of hydrogen-bond donors (Lipinski definition) is 2. The van der Waals surface area contributed by atoms with E-state index in [0.29, 0.717) is 18.1 Å². The Bertz CT molecular complexity index is 1090. The number of esters is 1. The van der Waals surface area contributed by atoms with Crippen LogP contribution in [0, 0.1) is 5.41 Å². The maximum atomic E-state index is 12.6. The standard InChI is InChI=1S/C26H28N2O3/c1-30-26(29)24(19-10-12-23(13-11-19)31-22-4-2-3-5-22)15-17-6-7-18-8-9-20(25(27)28)16-21(18)14-17/h6-14,16,22,24H,2-5,15H2,1H3,(H3,27,28). The molecule has 0 saturated heterocycles. The quantitative estimate of drug-likeness (QED) is 0.324. The van der Waals surface area contributed by atoms with Crippen molar-refractivity contribution in [3.8, 4) is 5.75 Å². The van der Waals surface area contributed by atoms with Gasteiger partial charge in [-0.15, -0.1) is 0 Å². The number of nitrogens with one attached hydrogen (secondary N) is 1. The average Bonchev–Trinajstić information content (AvgIpc) is 3.30. The molecule has 1 aliphatic carbocycles. The van der Waals surface area contributed by atoms with Crippen molar-refractivity contribution in [2.45, 2.75) is 44.1 Å². The van der Waals surface area contributed by atoms with Crippen LogP contribution in [0.1, 0.15) is 48.3 Å². The highest BCUT2D eigenvalue weighted by molar-refractivity contribution is 5.99. The first kappa shape index (κ1) is 20.9. The molecule has 1 fully saturated rings. The molecule has 1 unspecified atom stereocenters. The highest BCUT2D eigenvalue weighted by Crippen LogP contribution is 2.29. The summed E-state index contributed by atoms with van der Waals surface area (Å²) >= 11 is 0. The van der Waals surface area contributed by atoms with Gasteiger partial charge >= 0.3 is 5.97 Å². The van der Waals surface area contributed by atoms with Crippen LogP contribution >= 0.6 is 0 Å². The molecule has 4 rings (SSSR count). The fourth-order valence-electron chi connectivity index (χ4n) is 4.28. The number of nitrogen functional groups attached to an aromatic ring is 1. The predicted molar refractivity (Wildman–Crippen MR) is 123 cm³/mol. The summed E-state index contributed by atoms with van der Waals surface area (Å²) < 4.78 is 11.2. The Balaban J connectivity index is 1.56. The molecule has 3 N–H and O–H groups in total. The molecule has 0 bridgehead atoms. The third-order valence-corrected chi connectivity index (χ3v) is 6.03. The lowest BCUT2D eigenvalue weighted by Gasteiger charge is -2.17. The molecule has 0 aromatic heterocycles. The van der Waals surface area contributed by atoms with Gasteiger partial charge in [-0.2, -0.15) is 0 Å². The molecule has 160 valence electrons. The van der Waals surface area contributed by atoms with Crippen LogP contribution in [-0.4, -0.2) is 25.0 Å². The molecule has 0 amide bonds. The van der Waals surface area contributed by atoms with Crippen molar-refractivity contribution < 1.29 is 14.3 Å². The number of carbonyl (C=O) groups is 1. The van der Waals surface area contributed by atoms with Crippen molar-refractivity contribution >= 4 is 22.6 Å². The van der Waals surface area contributed by atoms with E-state index < -0.39 is 5.92 Å². The summed E-state index contributed by atoms with van der Waals surface area (Å²) in [6.45, 7) is 0. The zero-order chi connectivity index (χ0) is 21.8. The van der Waals surface area contributed by atoms with Crippen LogP contribution in [-0.2, 0) is 16.0 Å². The SMILES string of the molecule is COC(=O)C(Cc1ccc2ccc(C(=N)N)cc2c1)c1ccc(OC2CCCC2)cc1. The predicted octanol–water partition coefficient (Wildman–Crippen LogP) is 4.94. The van der Waals surface area contributed by atoms with Crippen LogP contribution < -0.4 is 10.5 Å². The number of carbonyl (C=O) groups excluding carboxylic acids is 1. The Labute approximate surface area is 182 Å². The summed E-state index contributed by atoms with van der Waals surface area (Å²) in [5, 5.41) is 9.73. The van der Waals surface area contributed by atoms with E-state index in [4.69, 9.17) is 20.6 Å². The van der Waals surface area contributed by atoms with Gasteiger partial charge in [-0.05, 0) is 72.2 Å². The normalized spacial score (nSPS) is 15.0. The Hall–Kier alpha value is -3.34. The number of hydrogen-bond acceptors (Lipinski definition) is 4. The molecule has 3 aromatic rings. The molecule has 5 nitrogen and oxygen atoms in total. The minimum absolute atomic E-state index is 0.0413. The molecule has 0 radical (unpaired) electrons. The van der Waals surface area contributed by atoms with E-state index in [9.17, 15) is 4.79 Å². The molecular formula is C26H28N2O3. The Morgan fingerprint density at radius 2 is 1.74 bits per heavy atom. The average molecular weight is 417 g/mol. The van der Waals surface area contributed by atoms with Crippen LogP contribution in [0.3, 0.4) is 0 Å². The molecule has 0 aliphatic heterocycles. The number of benzene rings is 3. The monoisotopic (exact) mass is 416 g/mol. The van der Waals surface area contributed by atoms with Gasteiger partial charge in [-0.25, -0.2) is 0 Å². The van der Waals surface area contributed by atoms with Crippen LogP contribution in [0.4, 0.5) is 0 Å². The highest BCUT2D eigenvalue weighted by atomic mass is 16.5. The van der Waals surface area contributed by atoms with E-state index in [0.717, 1.165) is 40.5 Å². The second-order valence-corrected chi connectivity index (χ2v) is 8.18. The Kier molecular flexibility index (Phi) is 6.21. The van der Waals surface area contributed by atoms with Crippen molar-refractivity contribution in [1.82, 2.24) is 0 Å². The van der Waals surface area contributed by atoms with Crippen LogP contribution in [0.2, 0.25) is 0 Å². The Morgan fingerprint density at radius 3 is 2.42 bits per heavy atom. The van der Waals surface area contributed by atoms with Gasteiger partial charge < -0.3 is 15.2 Å². The Morgan fingerprint density at radius 1 is 1.03 bits per heavy atom. The third-order valence-electron chi connectivity index (χ3n) is 6.03. The van der Waals surface area contributed by atoms with Gasteiger partial charge in [0.15, 0.2) is 0 Å². The number of fused-ring (bicyclic) bond motifs is 1. The number of methoxy groups -OCH3 is 1. The molecule has 3 aromatic carbocycles. The fraction of sp³-hybridized carbons (Fsp3) is 0.308. The van der Waals surface area contributed by atoms with E-state index in [2.05, 4.69) is 6.07 Å². The lowest BCUT2D eigenvalue weighted by Crippen LogP contribution is -2.17. The summed E-state index contributed by atoms with van der Waals surface area (Å²) in [6, 6.07) is 19.6. The second-order valence-electron chi connectivity index (χ2n) is 8.18. The van der Waals surface area contributed by atoms with Gasteiger partial charge in [0.2, 0.25) is 0 Å². The van der Waals surface area contributed by atoms with Crippen LogP contribution in [0.5, 0.6) is 5.75 Å². The van der Waals surface area contributed by atoms with Gasteiger partial charge in [0, 0.05) is 5.56 Å². The number of nitrogens with two attached hydrogens (primary N) is 1. The maximum Gasteiger partial charge on any atom is 0.313 e. The van der Waals surface area contributed by atoms with E-state index in [1.165, 1.54) is 20.0 Å². The zero-order valence-corrected chi connectivity index (χ0v) is 17.8. The van der Waals surface area contributed by atoms with Crippen LogP contribution in [0.25, 0.3) is 10.8 Å². The van der Waals surface area contributed by atoms with Gasteiger partial charge in [0.1, 0.15) is 11.6 Å². The first-order valence-corrected chi connectivity index (χ1v) is 10.7. The number of amidine groups is 1. The summed E-state index contributed by atoms with van der Waals surface area (Å²) in [7, 11) is 1.42.